The molecule has 0 fully saturated rings. The molecule has 2 atom stereocenters. The van der Waals surface area contributed by atoms with Gasteiger partial charge in [0.1, 0.15) is 0 Å². The second-order valence-corrected chi connectivity index (χ2v) is 6.82. The minimum absolute atomic E-state index is 0. The van der Waals surface area contributed by atoms with Gasteiger partial charge in [0.15, 0.2) is 0 Å². The molecule has 0 heterocycles. The van der Waals surface area contributed by atoms with Gasteiger partial charge in [0.25, 0.3) is 0 Å². The molecule has 5 nitrogen and oxygen atoms in total. The normalized spacial score (nSPS) is 13.3. The number of anilines is 1. The number of hydrogen-bond donors (Lipinski definition) is 2. The maximum atomic E-state index is 11.9. The molecule has 126 valence electrons. The van der Waals surface area contributed by atoms with E-state index in [1.165, 1.54) is 0 Å². The van der Waals surface area contributed by atoms with Crippen LogP contribution in [0.2, 0.25) is 0 Å². The Bertz CT molecular complexity index is 497. The van der Waals surface area contributed by atoms with Gasteiger partial charge in [0.2, 0.25) is 5.91 Å². The summed E-state index contributed by atoms with van der Waals surface area (Å²) in [7, 11) is 0.618. The van der Waals surface area contributed by atoms with E-state index in [9.17, 15) is 9.00 Å². The number of carbonyl (C=O) groups excluding carboxylic acids is 1. The quantitative estimate of drug-likeness (QED) is 0.752. The zero-order chi connectivity index (χ0) is 15.8. The van der Waals surface area contributed by atoms with Gasteiger partial charge in [0.05, 0.1) is 12.6 Å². The molecular weight excluding hydrogens is 324 g/mol. The average molecular weight is 349 g/mol. The van der Waals surface area contributed by atoms with Crippen molar-refractivity contribution in [3.05, 3.63) is 29.8 Å². The van der Waals surface area contributed by atoms with Gasteiger partial charge in [-0.15, -0.1) is 12.4 Å². The van der Waals surface area contributed by atoms with Gasteiger partial charge in [0, 0.05) is 35.1 Å². The zero-order valence-electron chi connectivity index (χ0n) is 13.2. The Kier molecular flexibility index (Phi) is 10.3. The van der Waals surface area contributed by atoms with Gasteiger partial charge in [-0.3, -0.25) is 9.00 Å². The number of nitrogens with one attached hydrogen (secondary N) is 1. The predicted octanol–water partition coefficient (Wildman–Crippen LogP) is 1.93. The summed E-state index contributed by atoms with van der Waals surface area (Å²) in [5.41, 5.74) is 7.40. The molecular formula is C15H25ClN2O3S. The fraction of sp³-hybridized carbons (Fsp3) is 0.533. The highest BCUT2D eigenvalue weighted by Crippen LogP contribution is 2.13. The third-order valence-corrected chi connectivity index (χ3v) is 4.34. The Morgan fingerprint density at radius 1 is 1.41 bits per heavy atom. The SMILES string of the molecule is COCCS(=O)Cc1cccc(NC(=O)[C@@H](N)C(C)C)c1.Cl. The third-order valence-electron chi connectivity index (χ3n) is 3.06. The summed E-state index contributed by atoms with van der Waals surface area (Å²) in [5.74, 6) is 0.826. The van der Waals surface area contributed by atoms with E-state index in [0.717, 1.165) is 5.56 Å². The van der Waals surface area contributed by atoms with Crippen molar-refractivity contribution in [2.45, 2.75) is 25.6 Å². The Morgan fingerprint density at radius 3 is 2.68 bits per heavy atom. The van der Waals surface area contributed by atoms with Gasteiger partial charge in [-0.1, -0.05) is 26.0 Å². The van der Waals surface area contributed by atoms with Gasteiger partial charge in [-0.05, 0) is 23.6 Å². The summed E-state index contributed by atoms with van der Waals surface area (Å²) < 4.78 is 16.7. The molecule has 0 saturated carbocycles. The molecule has 7 heteroatoms. The summed E-state index contributed by atoms with van der Waals surface area (Å²) in [6, 6.07) is 6.81. The van der Waals surface area contributed by atoms with E-state index in [-0.39, 0.29) is 24.2 Å². The summed E-state index contributed by atoms with van der Waals surface area (Å²) >= 11 is 0. The highest BCUT2D eigenvalue weighted by molar-refractivity contribution is 7.84. The number of halogens is 1. The highest BCUT2D eigenvalue weighted by atomic mass is 35.5. The molecule has 1 amide bonds. The molecule has 1 rings (SSSR count). The fourth-order valence-corrected chi connectivity index (χ4v) is 2.75. The molecule has 0 bridgehead atoms. The zero-order valence-corrected chi connectivity index (χ0v) is 14.8. The van der Waals surface area contributed by atoms with Crippen molar-refractivity contribution in [1.82, 2.24) is 0 Å². The first-order valence-corrected chi connectivity index (χ1v) is 8.42. The highest BCUT2D eigenvalue weighted by Gasteiger charge is 2.17. The van der Waals surface area contributed by atoms with Crippen LogP contribution >= 0.6 is 12.4 Å². The van der Waals surface area contributed by atoms with Crippen LogP contribution in [0, 0.1) is 5.92 Å². The molecule has 3 N–H and O–H groups in total. The molecule has 1 unspecified atom stereocenters. The van der Waals surface area contributed by atoms with Gasteiger partial charge in [-0.25, -0.2) is 0 Å². The van der Waals surface area contributed by atoms with Gasteiger partial charge >= 0.3 is 0 Å². The first-order valence-electron chi connectivity index (χ1n) is 6.93. The lowest BCUT2D eigenvalue weighted by Crippen LogP contribution is -2.39. The number of methoxy groups -OCH3 is 1. The van der Waals surface area contributed by atoms with E-state index < -0.39 is 16.8 Å². The molecule has 0 spiro atoms. The van der Waals surface area contributed by atoms with Crippen LogP contribution in [0.5, 0.6) is 0 Å². The van der Waals surface area contributed by atoms with Crippen molar-refractivity contribution in [1.29, 1.82) is 0 Å². The Labute approximate surface area is 140 Å². The van der Waals surface area contributed by atoms with Crippen molar-refractivity contribution >= 4 is 34.8 Å². The maximum absolute atomic E-state index is 11.9. The molecule has 0 aliphatic heterocycles. The number of nitrogens with two attached hydrogens (primary N) is 1. The summed E-state index contributed by atoms with van der Waals surface area (Å²) in [5, 5.41) is 2.79. The number of amides is 1. The van der Waals surface area contributed by atoms with Crippen LogP contribution in [0.3, 0.4) is 0 Å². The number of ether oxygens (including phenoxy) is 1. The average Bonchev–Trinajstić information content (AvgIpc) is 2.44. The van der Waals surface area contributed by atoms with E-state index in [2.05, 4.69) is 5.32 Å². The van der Waals surface area contributed by atoms with Crippen molar-refractivity contribution in [2.75, 3.05) is 24.8 Å². The van der Waals surface area contributed by atoms with E-state index in [4.69, 9.17) is 10.5 Å². The lowest BCUT2D eigenvalue weighted by atomic mass is 10.0. The molecule has 0 aliphatic rings. The molecule has 0 aliphatic carbocycles. The number of rotatable bonds is 8. The minimum atomic E-state index is -0.970. The molecule has 0 saturated heterocycles. The van der Waals surface area contributed by atoms with Gasteiger partial charge < -0.3 is 15.8 Å². The van der Waals surface area contributed by atoms with Crippen LogP contribution < -0.4 is 11.1 Å². The lowest BCUT2D eigenvalue weighted by molar-refractivity contribution is -0.118. The lowest BCUT2D eigenvalue weighted by Gasteiger charge is -2.15. The Hall–Kier alpha value is -0.950. The predicted molar refractivity (Wildman–Crippen MR) is 93.7 cm³/mol. The van der Waals surface area contributed by atoms with Crippen molar-refractivity contribution in [3.63, 3.8) is 0 Å². The molecule has 1 aromatic rings. The molecule has 1 aromatic carbocycles. The number of carbonyl (C=O) groups is 1. The fourth-order valence-electron chi connectivity index (χ4n) is 1.70. The largest absolute Gasteiger partial charge is 0.384 e. The maximum Gasteiger partial charge on any atom is 0.241 e. The van der Waals surface area contributed by atoms with E-state index in [0.29, 0.717) is 23.8 Å². The van der Waals surface area contributed by atoms with E-state index in [1.807, 2.05) is 32.0 Å². The van der Waals surface area contributed by atoms with Crippen molar-refractivity contribution in [2.24, 2.45) is 11.7 Å². The second kappa shape index (κ2) is 10.7. The second-order valence-electron chi connectivity index (χ2n) is 5.24. The van der Waals surface area contributed by atoms with Crippen molar-refractivity contribution < 1.29 is 13.7 Å². The van der Waals surface area contributed by atoms with E-state index >= 15 is 0 Å². The summed E-state index contributed by atoms with van der Waals surface area (Å²) in [4.78, 5) is 11.9. The third kappa shape index (κ3) is 7.35. The monoisotopic (exact) mass is 348 g/mol. The first kappa shape index (κ1) is 21.0. The summed E-state index contributed by atoms with van der Waals surface area (Å²) in [6.07, 6.45) is 0. The van der Waals surface area contributed by atoms with Crippen LogP contribution in [0.15, 0.2) is 24.3 Å². The van der Waals surface area contributed by atoms with E-state index in [1.54, 1.807) is 13.2 Å². The number of hydrogen-bond acceptors (Lipinski definition) is 4. The van der Waals surface area contributed by atoms with Crippen LogP contribution in [0.25, 0.3) is 0 Å². The smallest absolute Gasteiger partial charge is 0.241 e. The molecule has 0 radical (unpaired) electrons. The van der Waals surface area contributed by atoms with Crippen molar-refractivity contribution in [3.8, 4) is 0 Å². The number of benzene rings is 1. The summed E-state index contributed by atoms with van der Waals surface area (Å²) in [6.45, 7) is 4.28. The van der Waals surface area contributed by atoms with Crippen LogP contribution in [0.4, 0.5) is 5.69 Å². The standard InChI is InChI=1S/C15H24N2O3S.ClH/c1-11(2)14(16)15(18)17-13-6-4-5-12(9-13)10-21(19)8-7-20-3;/h4-6,9,11,14H,7-8,10,16H2,1-3H3,(H,17,18);1H/t14-,21?;/m0./s1. The molecule has 22 heavy (non-hydrogen) atoms. The van der Waals surface area contributed by atoms with Gasteiger partial charge in [-0.2, -0.15) is 0 Å². The Morgan fingerprint density at radius 2 is 2.09 bits per heavy atom. The van der Waals surface area contributed by atoms with Crippen LogP contribution in [-0.2, 0) is 26.1 Å². The first-order chi connectivity index (χ1) is 9.93. The minimum Gasteiger partial charge on any atom is -0.384 e. The topological polar surface area (TPSA) is 81.4 Å². The molecule has 0 aromatic heterocycles. The van der Waals surface area contributed by atoms with Crippen LogP contribution in [-0.4, -0.2) is 35.6 Å². The Balaban J connectivity index is 0.00000441. The van der Waals surface area contributed by atoms with Crippen LogP contribution in [0.1, 0.15) is 19.4 Å².